The highest BCUT2D eigenvalue weighted by Crippen LogP contribution is 2.26. The van der Waals surface area contributed by atoms with Crippen molar-refractivity contribution in [1.29, 1.82) is 0 Å². The number of hydrogen-bond donors (Lipinski definition) is 1. The topological polar surface area (TPSA) is 71.3 Å². The van der Waals surface area contributed by atoms with Gasteiger partial charge >= 0.3 is 6.01 Å². The van der Waals surface area contributed by atoms with Gasteiger partial charge in [-0.3, -0.25) is 4.79 Å². The third-order valence-electron chi connectivity index (χ3n) is 4.68. The maximum Gasteiger partial charge on any atom is 0.322 e. The first kappa shape index (κ1) is 18.8. The first-order valence-electron chi connectivity index (χ1n) is 8.99. The number of nitrogens with zero attached hydrogens (tertiary/aromatic N) is 3. The maximum atomic E-state index is 12.5. The lowest BCUT2D eigenvalue weighted by Gasteiger charge is -2.32. The number of likely N-dealkylation sites (tertiary alicyclic amines) is 1. The Labute approximate surface area is 172 Å². The molecule has 1 fully saturated rings. The first-order valence-corrected chi connectivity index (χ1v) is 9.75. The molecule has 3 aromatic rings. The molecule has 2 heterocycles. The number of carbonyl (C=O) groups excluding carboxylic acids is 1. The SMILES string of the molecule is O=C(c1ccccc1)N1CCC(Nc2nc(-c3cc(Cl)cc(Cl)c3)no2)CC1. The summed E-state index contributed by atoms with van der Waals surface area (Å²) < 4.78 is 5.31. The van der Waals surface area contributed by atoms with Gasteiger partial charge in [-0.25, -0.2) is 0 Å². The van der Waals surface area contributed by atoms with E-state index in [0.717, 1.165) is 18.4 Å². The molecule has 1 amide bonds. The van der Waals surface area contributed by atoms with Crippen LogP contribution in [0.2, 0.25) is 10.0 Å². The fraction of sp³-hybridized carbons (Fsp3) is 0.250. The summed E-state index contributed by atoms with van der Waals surface area (Å²) in [4.78, 5) is 18.8. The van der Waals surface area contributed by atoms with Crippen molar-refractivity contribution in [3.63, 3.8) is 0 Å². The summed E-state index contributed by atoms with van der Waals surface area (Å²) in [6, 6.07) is 15.0. The lowest BCUT2D eigenvalue weighted by Crippen LogP contribution is -2.42. The Morgan fingerprint density at radius 1 is 1.07 bits per heavy atom. The predicted molar refractivity (Wildman–Crippen MR) is 109 cm³/mol. The molecule has 1 saturated heterocycles. The second-order valence-corrected chi connectivity index (χ2v) is 7.53. The fourth-order valence-electron chi connectivity index (χ4n) is 3.25. The zero-order valence-corrected chi connectivity index (χ0v) is 16.5. The van der Waals surface area contributed by atoms with Crippen LogP contribution in [0.15, 0.2) is 53.1 Å². The van der Waals surface area contributed by atoms with Gasteiger partial charge in [-0.2, -0.15) is 4.98 Å². The minimum Gasteiger partial charge on any atom is -0.338 e. The Bertz CT molecular complexity index is 949. The number of nitrogens with one attached hydrogen (secondary N) is 1. The molecule has 1 aromatic heterocycles. The fourth-order valence-corrected chi connectivity index (χ4v) is 3.77. The third-order valence-corrected chi connectivity index (χ3v) is 5.11. The molecule has 0 unspecified atom stereocenters. The normalized spacial score (nSPS) is 14.9. The molecule has 0 atom stereocenters. The van der Waals surface area contributed by atoms with E-state index in [2.05, 4.69) is 15.5 Å². The van der Waals surface area contributed by atoms with Crippen LogP contribution in [0.5, 0.6) is 0 Å². The van der Waals surface area contributed by atoms with Crippen LogP contribution in [0.1, 0.15) is 23.2 Å². The van der Waals surface area contributed by atoms with E-state index in [-0.39, 0.29) is 11.9 Å². The van der Waals surface area contributed by atoms with Gasteiger partial charge in [-0.15, -0.1) is 0 Å². The van der Waals surface area contributed by atoms with Crippen molar-refractivity contribution in [2.24, 2.45) is 0 Å². The molecule has 2 aromatic carbocycles. The van der Waals surface area contributed by atoms with Crippen molar-refractivity contribution in [3.8, 4) is 11.4 Å². The van der Waals surface area contributed by atoms with E-state index in [1.165, 1.54) is 0 Å². The molecule has 0 bridgehead atoms. The molecule has 0 aliphatic carbocycles. The lowest BCUT2D eigenvalue weighted by molar-refractivity contribution is 0.0718. The zero-order valence-electron chi connectivity index (χ0n) is 14.9. The van der Waals surface area contributed by atoms with Crippen LogP contribution in [0.4, 0.5) is 6.01 Å². The van der Waals surface area contributed by atoms with Crippen LogP contribution in [0.3, 0.4) is 0 Å². The summed E-state index contributed by atoms with van der Waals surface area (Å²) in [5.74, 6) is 0.487. The lowest BCUT2D eigenvalue weighted by atomic mass is 10.0. The highest BCUT2D eigenvalue weighted by molar-refractivity contribution is 6.35. The summed E-state index contributed by atoms with van der Waals surface area (Å²) in [5.41, 5.74) is 1.41. The maximum absolute atomic E-state index is 12.5. The van der Waals surface area contributed by atoms with Gasteiger partial charge in [0.2, 0.25) is 5.82 Å². The number of aromatic nitrogens is 2. The molecule has 144 valence electrons. The number of piperidine rings is 1. The molecule has 1 N–H and O–H groups in total. The van der Waals surface area contributed by atoms with Crippen molar-refractivity contribution in [3.05, 3.63) is 64.1 Å². The smallest absolute Gasteiger partial charge is 0.322 e. The molecule has 0 spiro atoms. The standard InChI is InChI=1S/C20H18Cl2N4O2/c21-15-10-14(11-16(22)12-15)18-24-20(28-25-18)23-17-6-8-26(9-7-17)19(27)13-4-2-1-3-5-13/h1-5,10-12,17H,6-9H2,(H,23,24,25). The monoisotopic (exact) mass is 416 g/mol. The second kappa shape index (κ2) is 8.20. The van der Waals surface area contributed by atoms with E-state index in [4.69, 9.17) is 27.7 Å². The van der Waals surface area contributed by atoms with Crippen LogP contribution < -0.4 is 5.32 Å². The van der Waals surface area contributed by atoms with Crippen molar-refractivity contribution in [2.45, 2.75) is 18.9 Å². The average molecular weight is 417 g/mol. The number of anilines is 1. The average Bonchev–Trinajstić information content (AvgIpc) is 3.17. The van der Waals surface area contributed by atoms with Gasteiger partial charge in [0, 0.05) is 40.3 Å². The van der Waals surface area contributed by atoms with Crippen LogP contribution in [0, 0.1) is 0 Å². The summed E-state index contributed by atoms with van der Waals surface area (Å²) in [7, 11) is 0. The number of halogens is 2. The van der Waals surface area contributed by atoms with E-state index in [9.17, 15) is 4.79 Å². The highest BCUT2D eigenvalue weighted by Gasteiger charge is 2.24. The van der Waals surface area contributed by atoms with Crippen LogP contribution in [0.25, 0.3) is 11.4 Å². The number of benzene rings is 2. The predicted octanol–water partition coefficient (Wildman–Crippen LogP) is 4.76. The van der Waals surface area contributed by atoms with E-state index < -0.39 is 0 Å². The van der Waals surface area contributed by atoms with Gasteiger partial charge in [0.15, 0.2) is 0 Å². The molecule has 28 heavy (non-hydrogen) atoms. The van der Waals surface area contributed by atoms with Gasteiger partial charge in [0.25, 0.3) is 5.91 Å². The molecule has 1 aliphatic rings. The van der Waals surface area contributed by atoms with Gasteiger partial charge in [0.05, 0.1) is 0 Å². The molecule has 0 saturated carbocycles. The number of carbonyl (C=O) groups is 1. The van der Waals surface area contributed by atoms with Crippen LogP contribution in [-0.4, -0.2) is 40.1 Å². The van der Waals surface area contributed by atoms with Gasteiger partial charge < -0.3 is 14.7 Å². The molecule has 6 nitrogen and oxygen atoms in total. The molecule has 8 heteroatoms. The minimum absolute atomic E-state index is 0.0666. The summed E-state index contributed by atoms with van der Waals surface area (Å²) in [5, 5.41) is 8.26. The van der Waals surface area contributed by atoms with Crippen LogP contribution >= 0.6 is 23.2 Å². The van der Waals surface area contributed by atoms with Crippen molar-refractivity contribution in [1.82, 2.24) is 15.0 Å². The Hall–Kier alpha value is -2.57. The Morgan fingerprint density at radius 2 is 1.75 bits per heavy atom. The number of amides is 1. The summed E-state index contributed by atoms with van der Waals surface area (Å²) in [6.07, 6.45) is 1.61. The second-order valence-electron chi connectivity index (χ2n) is 6.66. The highest BCUT2D eigenvalue weighted by atomic mass is 35.5. The molecule has 4 rings (SSSR count). The van der Waals surface area contributed by atoms with E-state index >= 15 is 0 Å². The third kappa shape index (κ3) is 4.29. The van der Waals surface area contributed by atoms with E-state index in [0.29, 0.717) is 40.5 Å². The Balaban J connectivity index is 1.35. The molecular weight excluding hydrogens is 399 g/mol. The number of rotatable bonds is 4. The van der Waals surface area contributed by atoms with Crippen molar-refractivity contribution in [2.75, 3.05) is 18.4 Å². The van der Waals surface area contributed by atoms with Crippen molar-refractivity contribution < 1.29 is 9.32 Å². The minimum atomic E-state index is 0.0666. The zero-order chi connectivity index (χ0) is 19.5. The van der Waals surface area contributed by atoms with Crippen LogP contribution in [-0.2, 0) is 0 Å². The van der Waals surface area contributed by atoms with E-state index in [1.807, 2.05) is 35.2 Å². The van der Waals surface area contributed by atoms with Crippen molar-refractivity contribution >= 4 is 35.1 Å². The van der Waals surface area contributed by atoms with Gasteiger partial charge in [-0.1, -0.05) is 46.6 Å². The Kier molecular flexibility index (Phi) is 5.50. The molecule has 1 aliphatic heterocycles. The Morgan fingerprint density at radius 3 is 2.43 bits per heavy atom. The molecular formula is C20H18Cl2N4O2. The first-order chi connectivity index (χ1) is 13.6. The molecule has 0 radical (unpaired) electrons. The van der Waals surface area contributed by atoms with Gasteiger partial charge in [-0.05, 0) is 43.2 Å². The largest absolute Gasteiger partial charge is 0.338 e. The van der Waals surface area contributed by atoms with Gasteiger partial charge in [0.1, 0.15) is 0 Å². The quantitative estimate of drug-likeness (QED) is 0.663. The summed E-state index contributed by atoms with van der Waals surface area (Å²) in [6.45, 7) is 1.35. The summed E-state index contributed by atoms with van der Waals surface area (Å²) >= 11 is 12.1. The number of hydrogen-bond acceptors (Lipinski definition) is 5. The van der Waals surface area contributed by atoms with E-state index in [1.54, 1.807) is 18.2 Å².